The highest BCUT2D eigenvalue weighted by atomic mass is 16.5. The van der Waals surface area contributed by atoms with Gasteiger partial charge < -0.3 is 4.74 Å². The molecule has 72 valence electrons. The third kappa shape index (κ3) is 1.84. The zero-order valence-electron chi connectivity index (χ0n) is 8.40. The number of rotatable bonds is 1. The molecule has 14 heavy (non-hydrogen) atoms. The van der Waals surface area contributed by atoms with E-state index in [0.29, 0.717) is 5.90 Å². The van der Waals surface area contributed by atoms with Crippen LogP contribution in [-0.2, 0) is 4.74 Å². The van der Waals surface area contributed by atoms with Gasteiger partial charge in [0.05, 0.1) is 11.8 Å². The molecule has 2 heteroatoms. The minimum Gasteiger partial charge on any atom is -0.447 e. The molecule has 1 aliphatic heterocycles. The molecule has 0 radical (unpaired) electrons. The third-order valence-corrected chi connectivity index (χ3v) is 2.07. The fourth-order valence-electron chi connectivity index (χ4n) is 1.30. The zero-order chi connectivity index (χ0) is 10.0. The van der Waals surface area contributed by atoms with Crippen LogP contribution in [0.5, 0.6) is 0 Å². The molecule has 2 rings (SSSR count). The summed E-state index contributed by atoms with van der Waals surface area (Å²) in [4.78, 5) is 4.49. The summed E-state index contributed by atoms with van der Waals surface area (Å²) in [6.45, 7) is 4.10. The van der Waals surface area contributed by atoms with Crippen LogP contribution in [0.4, 0.5) is 0 Å². The first-order valence-electron chi connectivity index (χ1n) is 4.67. The lowest BCUT2D eigenvalue weighted by Gasteiger charge is -2.20. The van der Waals surface area contributed by atoms with Gasteiger partial charge in [0.2, 0.25) is 5.90 Å². The molecule has 0 aromatic heterocycles. The number of hydrogen-bond donors (Lipinski definition) is 0. The second-order valence-corrected chi connectivity index (χ2v) is 3.86. The highest BCUT2D eigenvalue weighted by molar-refractivity contribution is 5.95. The largest absolute Gasteiger partial charge is 0.447 e. The van der Waals surface area contributed by atoms with Gasteiger partial charge in [0.1, 0.15) is 0 Å². The second-order valence-electron chi connectivity index (χ2n) is 3.86. The first kappa shape index (κ1) is 9.00. The van der Waals surface area contributed by atoms with Crippen LogP contribution in [0.15, 0.2) is 47.7 Å². The highest BCUT2D eigenvalue weighted by Crippen LogP contribution is 2.18. The van der Waals surface area contributed by atoms with Crippen LogP contribution in [0.1, 0.15) is 19.4 Å². The number of aliphatic imine (C=N–C) groups is 1. The Bertz CT molecular complexity index is 377. The van der Waals surface area contributed by atoms with Gasteiger partial charge >= 0.3 is 0 Å². The normalized spacial score (nSPS) is 18.6. The average molecular weight is 187 g/mol. The Balaban J connectivity index is 2.33. The summed E-state index contributed by atoms with van der Waals surface area (Å²) in [6.07, 6.45) is 3.65. The second kappa shape index (κ2) is 3.29. The Morgan fingerprint density at radius 1 is 1.14 bits per heavy atom. The van der Waals surface area contributed by atoms with Crippen molar-refractivity contribution in [3.63, 3.8) is 0 Å². The predicted octanol–water partition coefficient (Wildman–Crippen LogP) is 2.76. The Morgan fingerprint density at radius 3 is 2.50 bits per heavy atom. The summed E-state index contributed by atoms with van der Waals surface area (Å²) >= 11 is 0. The van der Waals surface area contributed by atoms with Gasteiger partial charge in [0, 0.05) is 5.56 Å². The van der Waals surface area contributed by atoms with Crippen molar-refractivity contribution < 1.29 is 4.74 Å². The molecule has 0 aliphatic carbocycles. The molecule has 0 fully saturated rings. The van der Waals surface area contributed by atoms with E-state index in [1.54, 1.807) is 6.26 Å². The van der Waals surface area contributed by atoms with Crippen molar-refractivity contribution >= 4 is 5.90 Å². The zero-order valence-corrected chi connectivity index (χ0v) is 8.40. The maximum Gasteiger partial charge on any atom is 0.221 e. The van der Waals surface area contributed by atoms with Gasteiger partial charge in [-0.3, -0.25) is 0 Å². The Labute approximate surface area is 83.9 Å². The average Bonchev–Trinajstić information content (AvgIpc) is 2.18. The number of benzene rings is 1. The molecule has 0 atom stereocenters. The van der Waals surface area contributed by atoms with E-state index in [4.69, 9.17) is 4.74 Å². The monoisotopic (exact) mass is 187 g/mol. The molecular weight excluding hydrogens is 174 g/mol. The molecule has 0 unspecified atom stereocenters. The van der Waals surface area contributed by atoms with Crippen molar-refractivity contribution in [2.45, 2.75) is 19.4 Å². The molecule has 0 N–H and O–H groups in total. The Morgan fingerprint density at radius 2 is 1.86 bits per heavy atom. The first-order valence-corrected chi connectivity index (χ1v) is 4.67. The topological polar surface area (TPSA) is 21.6 Å². The Hall–Kier alpha value is -1.57. The number of ether oxygens (including phenoxy) is 1. The molecule has 1 aliphatic rings. The molecule has 1 heterocycles. The molecule has 0 spiro atoms. The number of nitrogens with zero attached hydrogens (tertiary/aromatic N) is 1. The highest BCUT2D eigenvalue weighted by Gasteiger charge is 2.18. The van der Waals surface area contributed by atoms with E-state index < -0.39 is 0 Å². The van der Waals surface area contributed by atoms with Gasteiger partial charge in [-0.15, -0.1) is 0 Å². The van der Waals surface area contributed by atoms with E-state index >= 15 is 0 Å². The third-order valence-electron chi connectivity index (χ3n) is 2.07. The van der Waals surface area contributed by atoms with Crippen LogP contribution >= 0.6 is 0 Å². The summed E-state index contributed by atoms with van der Waals surface area (Å²) < 4.78 is 5.37. The van der Waals surface area contributed by atoms with E-state index in [9.17, 15) is 0 Å². The molecule has 2 nitrogen and oxygen atoms in total. The van der Waals surface area contributed by atoms with E-state index in [-0.39, 0.29) is 5.54 Å². The van der Waals surface area contributed by atoms with Gasteiger partial charge in [-0.2, -0.15) is 0 Å². The summed E-state index contributed by atoms with van der Waals surface area (Å²) in [7, 11) is 0. The summed E-state index contributed by atoms with van der Waals surface area (Å²) in [6, 6.07) is 9.93. The smallest absolute Gasteiger partial charge is 0.221 e. The molecule has 1 aromatic rings. The van der Waals surface area contributed by atoms with Crippen LogP contribution < -0.4 is 0 Å². The molecule has 0 saturated carbocycles. The van der Waals surface area contributed by atoms with Crippen LogP contribution in [0.25, 0.3) is 0 Å². The van der Waals surface area contributed by atoms with Gasteiger partial charge in [-0.1, -0.05) is 18.2 Å². The van der Waals surface area contributed by atoms with Crippen LogP contribution in [0.2, 0.25) is 0 Å². The van der Waals surface area contributed by atoms with E-state index in [1.807, 2.05) is 36.4 Å². The van der Waals surface area contributed by atoms with Gasteiger partial charge in [-0.25, -0.2) is 4.99 Å². The fourth-order valence-corrected chi connectivity index (χ4v) is 1.30. The summed E-state index contributed by atoms with van der Waals surface area (Å²) in [5.41, 5.74) is 0.855. The van der Waals surface area contributed by atoms with E-state index in [1.165, 1.54) is 0 Å². The molecular formula is C12H13NO. The van der Waals surface area contributed by atoms with Crippen LogP contribution in [0, 0.1) is 0 Å². The van der Waals surface area contributed by atoms with Crippen molar-refractivity contribution in [2.24, 2.45) is 4.99 Å². The van der Waals surface area contributed by atoms with Crippen LogP contribution in [-0.4, -0.2) is 11.4 Å². The van der Waals surface area contributed by atoms with Crippen LogP contribution in [0.3, 0.4) is 0 Å². The van der Waals surface area contributed by atoms with Crippen molar-refractivity contribution in [2.75, 3.05) is 0 Å². The van der Waals surface area contributed by atoms with Crippen molar-refractivity contribution in [3.05, 3.63) is 48.2 Å². The van der Waals surface area contributed by atoms with Crippen molar-refractivity contribution in [1.29, 1.82) is 0 Å². The molecule has 1 aromatic carbocycles. The quantitative estimate of drug-likeness (QED) is 0.662. The summed E-state index contributed by atoms with van der Waals surface area (Å²) in [5.74, 6) is 0.693. The van der Waals surface area contributed by atoms with E-state index in [0.717, 1.165) is 5.56 Å². The maximum absolute atomic E-state index is 5.37. The Kier molecular flexibility index (Phi) is 2.12. The van der Waals surface area contributed by atoms with Crippen molar-refractivity contribution in [1.82, 2.24) is 0 Å². The fraction of sp³-hybridized carbons (Fsp3) is 0.250. The molecule has 0 bridgehead atoms. The first-order chi connectivity index (χ1) is 6.67. The standard InChI is InChI=1S/C12H13NO/c1-12(2)8-9-14-11(13-12)10-6-4-3-5-7-10/h3-9H,1-2H3. The lowest BCUT2D eigenvalue weighted by molar-refractivity contribution is 0.429. The minimum absolute atomic E-state index is 0.163. The maximum atomic E-state index is 5.37. The lowest BCUT2D eigenvalue weighted by atomic mass is 10.1. The SMILES string of the molecule is CC1(C)C=COC(c2ccccc2)=N1. The van der Waals surface area contributed by atoms with Gasteiger partial charge in [-0.05, 0) is 32.1 Å². The molecule has 0 saturated heterocycles. The minimum atomic E-state index is -0.163. The van der Waals surface area contributed by atoms with E-state index in [2.05, 4.69) is 18.8 Å². The predicted molar refractivity (Wildman–Crippen MR) is 57.3 cm³/mol. The van der Waals surface area contributed by atoms with Gasteiger partial charge in [0.15, 0.2) is 0 Å². The molecule has 0 amide bonds. The lowest BCUT2D eigenvalue weighted by Crippen LogP contribution is -2.21. The number of hydrogen-bond acceptors (Lipinski definition) is 2. The van der Waals surface area contributed by atoms with Crippen molar-refractivity contribution in [3.8, 4) is 0 Å². The van der Waals surface area contributed by atoms with Gasteiger partial charge in [0.25, 0.3) is 0 Å². The summed E-state index contributed by atoms with van der Waals surface area (Å²) in [5, 5.41) is 0.